The van der Waals surface area contributed by atoms with Crippen molar-refractivity contribution in [3.63, 3.8) is 0 Å². The maximum atomic E-state index is 12.0. The minimum Gasteiger partial charge on any atom is -0.368 e. The lowest BCUT2D eigenvalue weighted by atomic mass is 9.86. The van der Waals surface area contributed by atoms with E-state index in [1.54, 1.807) is 24.3 Å². The molecule has 1 aromatic rings. The van der Waals surface area contributed by atoms with Gasteiger partial charge in [-0.15, -0.1) is 0 Å². The van der Waals surface area contributed by atoms with Gasteiger partial charge < -0.3 is 11.1 Å². The summed E-state index contributed by atoms with van der Waals surface area (Å²) in [5, 5.41) is 3.19. The number of hydrogen-bond acceptors (Lipinski definition) is 2. The fourth-order valence-corrected chi connectivity index (χ4v) is 1.66. The smallest absolute Gasteiger partial charge is 0.251 e. The summed E-state index contributed by atoms with van der Waals surface area (Å²) in [4.78, 5) is 23.3. The van der Waals surface area contributed by atoms with Crippen LogP contribution in [-0.2, 0) is 4.79 Å². The molecule has 0 bridgehead atoms. The molecule has 0 radical (unpaired) electrons. The molecule has 0 saturated heterocycles. The molecule has 18 heavy (non-hydrogen) atoms. The Morgan fingerprint density at radius 1 is 1.22 bits per heavy atom. The van der Waals surface area contributed by atoms with Gasteiger partial charge in [-0.3, -0.25) is 9.59 Å². The first-order valence-electron chi connectivity index (χ1n) is 5.57. The van der Waals surface area contributed by atoms with Crippen molar-refractivity contribution in [1.82, 2.24) is 5.32 Å². The predicted molar refractivity (Wildman–Crippen MR) is 71.4 cm³/mol. The third kappa shape index (κ3) is 3.74. The van der Waals surface area contributed by atoms with Gasteiger partial charge in [-0.1, -0.05) is 32.4 Å². The van der Waals surface area contributed by atoms with Crippen LogP contribution in [0.3, 0.4) is 0 Å². The van der Waals surface area contributed by atoms with E-state index in [9.17, 15) is 9.59 Å². The Kier molecular flexibility index (Phi) is 4.35. The highest BCUT2D eigenvalue weighted by Crippen LogP contribution is 2.19. The number of primary amides is 1. The molecule has 0 fully saturated rings. The van der Waals surface area contributed by atoms with Crippen LogP contribution in [0, 0.1) is 5.41 Å². The van der Waals surface area contributed by atoms with Crippen LogP contribution >= 0.6 is 11.6 Å². The van der Waals surface area contributed by atoms with Crippen LogP contribution < -0.4 is 11.1 Å². The predicted octanol–water partition coefficient (Wildman–Crippen LogP) is 1.97. The average Bonchev–Trinajstić information content (AvgIpc) is 2.24. The summed E-state index contributed by atoms with van der Waals surface area (Å²) in [6.07, 6.45) is 0. The van der Waals surface area contributed by atoms with Gasteiger partial charge in [0.25, 0.3) is 5.91 Å². The molecule has 1 atom stereocenters. The molecule has 0 saturated carbocycles. The molecular weight excluding hydrogens is 252 g/mol. The second kappa shape index (κ2) is 5.40. The van der Waals surface area contributed by atoms with E-state index >= 15 is 0 Å². The van der Waals surface area contributed by atoms with Gasteiger partial charge in [0.1, 0.15) is 6.04 Å². The Hall–Kier alpha value is -1.55. The molecule has 0 spiro atoms. The quantitative estimate of drug-likeness (QED) is 0.880. The highest BCUT2D eigenvalue weighted by Gasteiger charge is 2.31. The van der Waals surface area contributed by atoms with E-state index in [0.29, 0.717) is 10.6 Å². The first-order valence-corrected chi connectivity index (χ1v) is 5.95. The second-order valence-corrected chi connectivity index (χ2v) is 5.62. The number of carbonyl (C=O) groups is 2. The summed E-state index contributed by atoms with van der Waals surface area (Å²) >= 11 is 5.74. The van der Waals surface area contributed by atoms with Crippen LogP contribution in [0.25, 0.3) is 0 Å². The van der Waals surface area contributed by atoms with Crippen LogP contribution in [0.1, 0.15) is 31.1 Å². The lowest BCUT2D eigenvalue weighted by Crippen LogP contribution is -2.52. The summed E-state index contributed by atoms with van der Waals surface area (Å²) < 4.78 is 0. The Morgan fingerprint density at radius 2 is 1.72 bits per heavy atom. The number of nitrogens with one attached hydrogen (secondary N) is 1. The summed E-state index contributed by atoms with van der Waals surface area (Å²) in [5.41, 5.74) is 5.30. The van der Waals surface area contributed by atoms with E-state index in [0.717, 1.165) is 0 Å². The third-order valence-corrected chi connectivity index (χ3v) is 2.78. The molecule has 0 aliphatic heterocycles. The molecule has 1 rings (SSSR count). The van der Waals surface area contributed by atoms with Crippen LogP contribution in [0.2, 0.25) is 5.02 Å². The second-order valence-electron chi connectivity index (χ2n) is 5.18. The number of benzene rings is 1. The highest BCUT2D eigenvalue weighted by molar-refractivity contribution is 6.30. The molecule has 5 heteroatoms. The summed E-state index contributed by atoms with van der Waals surface area (Å²) in [5.74, 6) is -0.893. The molecule has 4 nitrogen and oxygen atoms in total. The number of carbonyl (C=O) groups excluding carboxylic acids is 2. The first kappa shape index (κ1) is 14.5. The van der Waals surface area contributed by atoms with E-state index < -0.39 is 17.4 Å². The number of rotatable bonds is 3. The Balaban J connectivity index is 2.86. The van der Waals surface area contributed by atoms with Crippen molar-refractivity contribution in [2.75, 3.05) is 0 Å². The van der Waals surface area contributed by atoms with E-state index in [1.807, 2.05) is 20.8 Å². The zero-order valence-corrected chi connectivity index (χ0v) is 11.4. The molecule has 3 N–H and O–H groups in total. The van der Waals surface area contributed by atoms with Crippen LogP contribution in [0.15, 0.2) is 24.3 Å². The Bertz CT molecular complexity index is 449. The van der Waals surface area contributed by atoms with Crippen molar-refractivity contribution >= 4 is 23.4 Å². The molecule has 0 aliphatic carbocycles. The SMILES string of the molecule is CC(C)(C)C(NC(=O)c1ccc(Cl)cc1)C(N)=O. The van der Waals surface area contributed by atoms with Gasteiger partial charge in [-0.2, -0.15) is 0 Å². The van der Waals surface area contributed by atoms with Crippen LogP contribution in [-0.4, -0.2) is 17.9 Å². The zero-order valence-electron chi connectivity index (χ0n) is 10.7. The van der Waals surface area contributed by atoms with Crippen molar-refractivity contribution in [3.8, 4) is 0 Å². The van der Waals surface area contributed by atoms with Gasteiger partial charge in [-0.25, -0.2) is 0 Å². The minimum atomic E-state index is -0.722. The lowest BCUT2D eigenvalue weighted by molar-refractivity contribution is -0.122. The highest BCUT2D eigenvalue weighted by atomic mass is 35.5. The molecule has 1 aromatic carbocycles. The van der Waals surface area contributed by atoms with E-state index in [2.05, 4.69) is 5.32 Å². The van der Waals surface area contributed by atoms with Crippen molar-refractivity contribution in [2.24, 2.45) is 11.1 Å². The molecule has 0 aliphatic rings. The molecular formula is C13H17ClN2O2. The monoisotopic (exact) mass is 268 g/mol. The van der Waals surface area contributed by atoms with Crippen molar-refractivity contribution in [3.05, 3.63) is 34.9 Å². The average molecular weight is 269 g/mol. The zero-order chi connectivity index (χ0) is 13.9. The van der Waals surface area contributed by atoms with Crippen molar-refractivity contribution < 1.29 is 9.59 Å². The molecule has 0 aromatic heterocycles. The molecule has 98 valence electrons. The maximum Gasteiger partial charge on any atom is 0.251 e. The Labute approximate surface area is 112 Å². The summed E-state index contributed by atoms with van der Waals surface area (Å²) in [6.45, 7) is 5.51. The van der Waals surface area contributed by atoms with E-state index in [4.69, 9.17) is 17.3 Å². The minimum absolute atomic E-state index is 0.342. The van der Waals surface area contributed by atoms with Gasteiger partial charge in [0.15, 0.2) is 0 Å². The normalized spacial score (nSPS) is 12.9. The summed E-state index contributed by atoms with van der Waals surface area (Å²) in [7, 11) is 0. The largest absolute Gasteiger partial charge is 0.368 e. The number of amides is 2. The van der Waals surface area contributed by atoms with Crippen molar-refractivity contribution in [1.29, 1.82) is 0 Å². The molecule has 2 amide bonds. The third-order valence-electron chi connectivity index (χ3n) is 2.53. The molecule has 0 heterocycles. The van der Waals surface area contributed by atoms with Crippen LogP contribution in [0.4, 0.5) is 0 Å². The topological polar surface area (TPSA) is 72.2 Å². The number of nitrogens with two attached hydrogens (primary N) is 1. The number of halogens is 1. The van der Waals surface area contributed by atoms with Gasteiger partial charge >= 0.3 is 0 Å². The Morgan fingerprint density at radius 3 is 2.11 bits per heavy atom. The first-order chi connectivity index (χ1) is 8.21. The van der Waals surface area contributed by atoms with Gasteiger partial charge in [0, 0.05) is 10.6 Å². The van der Waals surface area contributed by atoms with E-state index in [1.165, 1.54) is 0 Å². The fourth-order valence-electron chi connectivity index (χ4n) is 1.53. The summed E-state index contributed by atoms with van der Waals surface area (Å²) in [6, 6.07) is 5.71. The van der Waals surface area contributed by atoms with Crippen molar-refractivity contribution in [2.45, 2.75) is 26.8 Å². The van der Waals surface area contributed by atoms with Gasteiger partial charge in [-0.05, 0) is 29.7 Å². The maximum absolute atomic E-state index is 12.0. The number of hydrogen-bond donors (Lipinski definition) is 2. The van der Waals surface area contributed by atoms with Crippen LogP contribution in [0.5, 0.6) is 0 Å². The van der Waals surface area contributed by atoms with E-state index in [-0.39, 0.29) is 5.91 Å². The lowest BCUT2D eigenvalue weighted by Gasteiger charge is -2.28. The standard InChI is InChI=1S/C13H17ClN2O2/c1-13(2,3)10(11(15)17)16-12(18)8-4-6-9(14)7-5-8/h4-7,10H,1-3H3,(H2,15,17)(H,16,18). The van der Waals surface area contributed by atoms with Gasteiger partial charge in [0.2, 0.25) is 5.91 Å². The molecule has 1 unspecified atom stereocenters. The van der Waals surface area contributed by atoms with Gasteiger partial charge in [0.05, 0.1) is 0 Å². The fraction of sp³-hybridized carbons (Fsp3) is 0.385.